The van der Waals surface area contributed by atoms with Gasteiger partial charge in [-0.15, -0.1) is 0 Å². The maximum absolute atomic E-state index is 12.3. The first-order valence-electron chi connectivity index (χ1n) is 9.14. The van der Waals surface area contributed by atoms with Crippen molar-refractivity contribution < 1.29 is 14.7 Å². The summed E-state index contributed by atoms with van der Waals surface area (Å²) in [6.45, 7) is 0.685. The van der Waals surface area contributed by atoms with Gasteiger partial charge >= 0.3 is 5.97 Å². The molecule has 1 aliphatic carbocycles. The highest BCUT2D eigenvalue weighted by Crippen LogP contribution is 2.49. The number of carbonyl (C=O) groups is 2. The molecule has 1 aliphatic rings. The number of hydrogen-bond donors (Lipinski definition) is 2. The zero-order valence-electron chi connectivity index (χ0n) is 14.4. The Kier molecular flexibility index (Phi) is 5.69. The Hall–Kier alpha value is -2.36. The summed E-state index contributed by atoms with van der Waals surface area (Å²) in [4.78, 5) is 22.7. The Bertz CT molecular complexity index is 750. The van der Waals surface area contributed by atoms with E-state index in [2.05, 4.69) is 35.6 Å². The average Bonchev–Trinajstić information content (AvgIpc) is 3.40. The maximum atomic E-state index is 12.3. The second kappa shape index (κ2) is 8.15. The molecule has 2 N–H and O–H groups in total. The SMILES string of the molecule is O=C(O)CCCCCCNC(=O)C1CC1c1cccc2ccccc12. The first-order valence-corrected chi connectivity index (χ1v) is 9.14. The molecule has 132 valence electrons. The van der Waals surface area contributed by atoms with Gasteiger partial charge in [0.05, 0.1) is 0 Å². The molecule has 2 unspecified atom stereocenters. The van der Waals surface area contributed by atoms with Crippen molar-refractivity contribution >= 4 is 22.6 Å². The maximum Gasteiger partial charge on any atom is 0.303 e. The number of amides is 1. The fraction of sp³-hybridized carbons (Fsp3) is 0.429. The number of carboxylic acids is 1. The van der Waals surface area contributed by atoms with Crippen molar-refractivity contribution in [1.29, 1.82) is 0 Å². The van der Waals surface area contributed by atoms with Crippen LogP contribution >= 0.6 is 0 Å². The third-order valence-corrected chi connectivity index (χ3v) is 4.97. The zero-order valence-corrected chi connectivity index (χ0v) is 14.4. The van der Waals surface area contributed by atoms with Gasteiger partial charge in [-0.3, -0.25) is 9.59 Å². The third kappa shape index (κ3) is 4.59. The number of nitrogens with one attached hydrogen (secondary N) is 1. The Morgan fingerprint density at radius 2 is 1.76 bits per heavy atom. The number of fused-ring (bicyclic) bond motifs is 1. The monoisotopic (exact) mass is 339 g/mol. The lowest BCUT2D eigenvalue weighted by Gasteiger charge is -2.07. The van der Waals surface area contributed by atoms with E-state index in [9.17, 15) is 9.59 Å². The summed E-state index contributed by atoms with van der Waals surface area (Å²) in [5.74, 6) is -0.149. The minimum atomic E-state index is -0.735. The molecular formula is C21H25NO3. The number of rotatable bonds is 9. The molecule has 0 aromatic heterocycles. The van der Waals surface area contributed by atoms with Gasteiger partial charge in [0.25, 0.3) is 0 Å². The van der Waals surface area contributed by atoms with E-state index < -0.39 is 5.97 Å². The van der Waals surface area contributed by atoms with Crippen LogP contribution in [0.2, 0.25) is 0 Å². The number of unbranched alkanes of at least 4 members (excludes halogenated alkanes) is 3. The molecule has 2 atom stereocenters. The predicted octanol–water partition coefficient (Wildman–Crippen LogP) is 4.09. The van der Waals surface area contributed by atoms with Crippen molar-refractivity contribution in [3.05, 3.63) is 48.0 Å². The van der Waals surface area contributed by atoms with Crippen LogP contribution in [0.5, 0.6) is 0 Å². The molecule has 1 saturated carbocycles. The molecular weight excluding hydrogens is 314 g/mol. The quantitative estimate of drug-likeness (QED) is 0.676. The fourth-order valence-electron chi connectivity index (χ4n) is 3.50. The topological polar surface area (TPSA) is 66.4 Å². The van der Waals surface area contributed by atoms with Gasteiger partial charge < -0.3 is 10.4 Å². The molecule has 4 nitrogen and oxygen atoms in total. The van der Waals surface area contributed by atoms with Crippen molar-refractivity contribution in [3.63, 3.8) is 0 Å². The second-order valence-electron chi connectivity index (χ2n) is 6.87. The van der Waals surface area contributed by atoms with Gasteiger partial charge in [0.15, 0.2) is 0 Å². The summed E-state index contributed by atoms with van der Waals surface area (Å²) in [5, 5.41) is 14.1. The molecule has 4 heteroatoms. The van der Waals surface area contributed by atoms with E-state index in [4.69, 9.17) is 5.11 Å². The molecule has 0 spiro atoms. The smallest absolute Gasteiger partial charge is 0.303 e. The number of carboxylic acid groups (broad SMARTS) is 1. The first kappa shape index (κ1) is 17.5. The Balaban J connectivity index is 1.42. The highest BCUT2D eigenvalue weighted by molar-refractivity contribution is 5.89. The van der Waals surface area contributed by atoms with Gasteiger partial charge in [-0.2, -0.15) is 0 Å². The van der Waals surface area contributed by atoms with Crippen LogP contribution in [0.1, 0.15) is 50.0 Å². The van der Waals surface area contributed by atoms with E-state index >= 15 is 0 Å². The second-order valence-corrected chi connectivity index (χ2v) is 6.87. The number of aliphatic carboxylic acids is 1. The highest BCUT2D eigenvalue weighted by Gasteiger charge is 2.44. The molecule has 0 radical (unpaired) electrons. The van der Waals surface area contributed by atoms with Crippen LogP contribution in [0.15, 0.2) is 42.5 Å². The van der Waals surface area contributed by atoms with Gasteiger partial charge in [0.2, 0.25) is 5.91 Å². The summed E-state index contributed by atoms with van der Waals surface area (Å²) in [6.07, 6.45) is 4.67. The summed E-state index contributed by atoms with van der Waals surface area (Å²) in [5.41, 5.74) is 1.28. The molecule has 2 aromatic carbocycles. The van der Waals surface area contributed by atoms with Crippen molar-refractivity contribution in [2.75, 3.05) is 6.54 Å². The lowest BCUT2D eigenvalue weighted by Crippen LogP contribution is -2.26. The van der Waals surface area contributed by atoms with E-state index in [1.807, 2.05) is 12.1 Å². The van der Waals surface area contributed by atoms with Crippen LogP contribution in [0.3, 0.4) is 0 Å². The normalized spacial score (nSPS) is 18.9. The minimum absolute atomic E-state index is 0.0952. The number of carbonyl (C=O) groups excluding carboxylic acids is 1. The molecule has 0 bridgehead atoms. The van der Waals surface area contributed by atoms with E-state index in [1.54, 1.807) is 0 Å². The predicted molar refractivity (Wildman–Crippen MR) is 98.5 cm³/mol. The van der Waals surface area contributed by atoms with Gasteiger partial charge in [-0.05, 0) is 41.5 Å². The average molecular weight is 339 g/mol. The lowest BCUT2D eigenvalue weighted by molar-refractivity contribution is -0.137. The van der Waals surface area contributed by atoms with Crippen LogP contribution in [0.25, 0.3) is 10.8 Å². The Labute approximate surface area is 148 Å². The fourth-order valence-corrected chi connectivity index (χ4v) is 3.50. The van der Waals surface area contributed by atoms with E-state index in [1.165, 1.54) is 16.3 Å². The summed E-state index contributed by atoms with van der Waals surface area (Å²) >= 11 is 0. The van der Waals surface area contributed by atoms with Crippen LogP contribution in [-0.2, 0) is 9.59 Å². The van der Waals surface area contributed by atoms with Crippen LogP contribution < -0.4 is 5.32 Å². The number of benzene rings is 2. The zero-order chi connectivity index (χ0) is 17.6. The van der Waals surface area contributed by atoms with Crippen molar-refractivity contribution in [2.24, 2.45) is 5.92 Å². The van der Waals surface area contributed by atoms with Gasteiger partial charge in [0, 0.05) is 18.9 Å². The van der Waals surface area contributed by atoms with Crippen molar-refractivity contribution in [3.8, 4) is 0 Å². The van der Waals surface area contributed by atoms with Gasteiger partial charge in [-0.25, -0.2) is 0 Å². The third-order valence-electron chi connectivity index (χ3n) is 4.97. The molecule has 1 fully saturated rings. The Morgan fingerprint density at radius 1 is 1.00 bits per heavy atom. The van der Waals surface area contributed by atoms with Crippen molar-refractivity contribution in [2.45, 2.75) is 44.4 Å². The standard InChI is InChI=1S/C21H25NO3/c23-20(24)12-3-1-2-6-13-22-21(25)19-14-18(19)17-11-7-9-15-8-4-5-10-16(15)17/h4-5,7-11,18-19H,1-3,6,12-14H2,(H,22,25)(H,23,24). The molecule has 3 rings (SSSR count). The summed E-state index contributed by atoms with van der Waals surface area (Å²) in [6, 6.07) is 14.7. The minimum Gasteiger partial charge on any atom is -0.481 e. The van der Waals surface area contributed by atoms with Gasteiger partial charge in [0.1, 0.15) is 0 Å². The van der Waals surface area contributed by atoms with Crippen LogP contribution in [0.4, 0.5) is 0 Å². The van der Waals surface area contributed by atoms with Crippen LogP contribution in [0, 0.1) is 5.92 Å². The molecule has 2 aromatic rings. The molecule has 25 heavy (non-hydrogen) atoms. The van der Waals surface area contributed by atoms with Crippen LogP contribution in [-0.4, -0.2) is 23.5 Å². The first-order chi connectivity index (χ1) is 12.2. The number of hydrogen-bond acceptors (Lipinski definition) is 2. The Morgan fingerprint density at radius 3 is 2.60 bits per heavy atom. The van der Waals surface area contributed by atoms with E-state index in [0.717, 1.165) is 32.1 Å². The molecule has 0 heterocycles. The van der Waals surface area contributed by atoms with E-state index in [0.29, 0.717) is 12.5 Å². The van der Waals surface area contributed by atoms with E-state index in [-0.39, 0.29) is 18.2 Å². The highest BCUT2D eigenvalue weighted by atomic mass is 16.4. The summed E-state index contributed by atoms with van der Waals surface area (Å²) < 4.78 is 0. The lowest BCUT2D eigenvalue weighted by atomic mass is 10.00. The largest absolute Gasteiger partial charge is 0.481 e. The molecule has 1 amide bonds. The molecule has 0 aliphatic heterocycles. The van der Waals surface area contributed by atoms with Crippen molar-refractivity contribution in [1.82, 2.24) is 5.32 Å². The summed E-state index contributed by atoms with van der Waals surface area (Å²) in [7, 11) is 0. The van der Waals surface area contributed by atoms with Gasteiger partial charge in [-0.1, -0.05) is 55.3 Å². The molecule has 0 saturated heterocycles.